The Hall–Kier alpha value is -5.90. The molecule has 0 aromatic rings. The molecule has 0 saturated carbocycles. The highest BCUT2D eigenvalue weighted by atomic mass is 32.2. The van der Waals surface area contributed by atoms with E-state index >= 15 is 0 Å². The van der Waals surface area contributed by atoms with E-state index in [1.54, 1.807) is 6.92 Å². The van der Waals surface area contributed by atoms with Crippen molar-refractivity contribution >= 4 is 18.2 Å². The third-order valence-electron chi connectivity index (χ3n) is 8.50. The van der Waals surface area contributed by atoms with E-state index in [-0.39, 0.29) is 25.2 Å². The number of nitrogens with one attached hydrogen (secondary N) is 1. The van der Waals surface area contributed by atoms with Crippen molar-refractivity contribution in [1.82, 2.24) is 5.32 Å². The predicted molar refractivity (Wildman–Crippen MR) is 237 cm³/mol. The van der Waals surface area contributed by atoms with Gasteiger partial charge in [-0.05, 0) is 108 Å². The first-order chi connectivity index (χ1) is 31.3. The van der Waals surface area contributed by atoms with Crippen molar-refractivity contribution in [3.05, 3.63) is 0 Å². The summed E-state index contributed by atoms with van der Waals surface area (Å²) in [5.41, 5.74) is 0. The van der Waals surface area contributed by atoms with Gasteiger partial charge in [-0.2, -0.15) is 0 Å². The molecule has 0 aromatic carbocycles. The van der Waals surface area contributed by atoms with Crippen LogP contribution in [0.4, 0.5) is 0 Å². The summed E-state index contributed by atoms with van der Waals surface area (Å²) in [6.45, 7) is 2.67. The van der Waals surface area contributed by atoms with Gasteiger partial charge in [-0.3, -0.25) is 14.0 Å². The topological polar surface area (TPSA) is 199 Å². The molecule has 6 N–H and O–H groups in total. The highest BCUT2D eigenvalue weighted by molar-refractivity contribution is 7.89. The van der Waals surface area contributed by atoms with Crippen LogP contribution in [0.2, 0.25) is 0 Å². The van der Waals surface area contributed by atoms with Crippen molar-refractivity contribution in [2.45, 2.75) is 146 Å². The van der Waals surface area contributed by atoms with Crippen LogP contribution in [-0.2, 0) is 27.8 Å². The predicted octanol–water partition coefficient (Wildman–Crippen LogP) is 0.972. The number of rotatable bonds is 24. The van der Waals surface area contributed by atoms with Gasteiger partial charge in [0, 0.05) is 35.5 Å². The van der Waals surface area contributed by atoms with Gasteiger partial charge in [-0.25, -0.2) is 0 Å². The van der Waals surface area contributed by atoms with Crippen LogP contribution in [0, 0.1) is 142 Å². The molecule has 1 rings (SSSR count). The number of hydrogen-bond donors (Lipinski definition) is 6. The summed E-state index contributed by atoms with van der Waals surface area (Å²) in [4.78, 5) is 12.9. The molecule has 5 unspecified atom stereocenters. The first kappa shape index (κ1) is 56.1. The molecule has 1 heterocycles. The minimum atomic E-state index is -1.70. The number of carbonyl (C=O) groups excluding carboxylic acids is 1. The second-order valence-electron chi connectivity index (χ2n) is 13.2. The fraction of sp³-hybridized carbons (Fsp3) is 0.500. The number of carbonyl (C=O) groups is 1. The van der Waals surface area contributed by atoms with E-state index in [4.69, 9.17) is 13.7 Å². The highest BCUT2D eigenvalue weighted by Gasteiger charge is 2.47. The van der Waals surface area contributed by atoms with Crippen molar-refractivity contribution in [2.24, 2.45) is 0 Å². The molecule has 334 valence electrons. The molecule has 1 saturated heterocycles. The van der Waals surface area contributed by atoms with E-state index in [9.17, 15) is 35.6 Å². The zero-order valence-corrected chi connectivity index (χ0v) is 36.5. The van der Waals surface area contributed by atoms with Gasteiger partial charge >= 0.3 is 0 Å². The van der Waals surface area contributed by atoms with Crippen molar-refractivity contribution in [3.8, 4) is 142 Å². The SMILES string of the molecule is CC#CC#CC#CC#CC#CC#CC#CC#CC#CC#CC#CC#CCC(=O)N[C@@H](COC1OC(CO)C(O)C(OSOO[O-])C1O)[C@H](O)[C@H](O)CCCCCCCCCCCCC. The van der Waals surface area contributed by atoms with E-state index in [0.717, 1.165) is 25.7 Å². The molecule has 0 spiro atoms. The largest absolute Gasteiger partial charge is 0.691 e. The second kappa shape index (κ2) is 39.9. The van der Waals surface area contributed by atoms with Gasteiger partial charge in [0.15, 0.2) is 18.6 Å². The molecule has 1 aliphatic heterocycles. The third kappa shape index (κ3) is 28.7. The van der Waals surface area contributed by atoms with Crippen LogP contribution in [0.15, 0.2) is 0 Å². The van der Waals surface area contributed by atoms with Crippen LogP contribution in [0.1, 0.15) is 97.3 Å². The van der Waals surface area contributed by atoms with Gasteiger partial charge in [0.25, 0.3) is 0 Å². The van der Waals surface area contributed by atoms with Crippen LogP contribution >= 0.6 is 12.3 Å². The van der Waals surface area contributed by atoms with Crippen molar-refractivity contribution in [3.63, 3.8) is 0 Å². The maximum Gasteiger partial charge on any atom is 0.232 e. The average Bonchev–Trinajstić information content (AvgIpc) is 3.29. The summed E-state index contributed by atoms with van der Waals surface area (Å²) in [6.07, 6.45) is 1.71. The quantitative estimate of drug-likeness (QED) is 0.0264. The second-order valence-corrected chi connectivity index (χ2v) is 13.7. The molecule has 1 fully saturated rings. The Morgan fingerprint density at radius 2 is 1.14 bits per heavy atom. The van der Waals surface area contributed by atoms with Crippen molar-refractivity contribution in [1.29, 1.82) is 0 Å². The maximum atomic E-state index is 12.9. The molecule has 64 heavy (non-hydrogen) atoms. The molecule has 14 heteroatoms. The summed E-state index contributed by atoms with van der Waals surface area (Å²) < 4.78 is 20.3. The average molecular weight is 889 g/mol. The van der Waals surface area contributed by atoms with Gasteiger partial charge in [-0.15, -0.1) is 4.33 Å². The first-order valence-electron chi connectivity index (χ1n) is 20.4. The molecule has 13 nitrogen and oxygen atoms in total. The highest BCUT2D eigenvalue weighted by Crippen LogP contribution is 2.28. The summed E-state index contributed by atoms with van der Waals surface area (Å²) in [6, 6.07) is -1.22. The summed E-state index contributed by atoms with van der Waals surface area (Å²) in [7, 11) is 0. The van der Waals surface area contributed by atoms with Gasteiger partial charge in [-0.1, -0.05) is 89.4 Å². The zero-order valence-electron chi connectivity index (χ0n) is 35.7. The molecular formula is C50H50NO12S-. The van der Waals surface area contributed by atoms with Crippen molar-refractivity contribution in [2.75, 3.05) is 13.2 Å². The first-order valence-corrected chi connectivity index (χ1v) is 21.0. The van der Waals surface area contributed by atoms with E-state index in [1.165, 1.54) is 38.5 Å². The Morgan fingerprint density at radius 3 is 1.59 bits per heavy atom. The third-order valence-corrected chi connectivity index (χ3v) is 8.91. The Labute approximate surface area is 382 Å². The molecule has 0 radical (unpaired) electrons. The summed E-state index contributed by atoms with van der Waals surface area (Å²) in [5.74, 6) is 59.4. The summed E-state index contributed by atoms with van der Waals surface area (Å²) in [5, 5.41) is 68.9. The fourth-order valence-electron chi connectivity index (χ4n) is 5.37. The van der Waals surface area contributed by atoms with E-state index < -0.39 is 68.1 Å². The molecule has 8 atom stereocenters. The Kier molecular flexibility index (Phi) is 35.0. The van der Waals surface area contributed by atoms with Crippen LogP contribution < -0.4 is 10.6 Å². The number of hydrogen-bond acceptors (Lipinski definition) is 13. The molecule has 1 aliphatic rings. The Bertz CT molecular complexity index is 2230. The minimum absolute atomic E-state index is 0.0287. The lowest BCUT2D eigenvalue weighted by atomic mass is 9.98. The monoisotopic (exact) mass is 888 g/mol. The molecular weight excluding hydrogens is 839 g/mol. The van der Waals surface area contributed by atoms with E-state index in [0.29, 0.717) is 6.42 Å². The van der Waals surface area contributed by atoms with Crippen LogP contribution in [0.3, 0.4) is 0 Å². The summed E-state index contributed by atoms with van der Waals surface area (Å²) >= 11 is 0.0287. The fourth-order valence-corrected chi connectivity index (χ4v) is 5.75. The lowest BCUT2D eigenvalue weighted by Crippen LogP contribution is -2.60. The van der Waals surface area contributed by atoms with Gasteiger partial charge in [0.2, 0.25) is 5.91 Å². The number of aliphatic hydroxyl groups excluding tert-OH is 5. The number of ether oxygens (including phenoxy) is 2. The smallest absolute Gasteiger partial charge is 0.232 e. The van der Waals surface area contributed by atoms with Gasteiger partial charge in [0.1, 0.15) is 30.5 Å². The molecule has 0 bridgehead atoms. The van der Waals surface area contributed by atoms with Crippen LogP contribution in [0.5, 0.6) is 0 Å². The van der Waals surface area contributed by atoms with Crippen LogP contribution in [-0.4, -0.2) is 93.6 Å². The van der Waals surface area contributed by atoms with E-state index in [2.05, 4.69) is 164 Å². The zero-order chi connectivity index (χ0) is 46.7. The minimum Gasteiger partial charge on any atom is -0.691 e. The molecule has 1 amide bonds. The van der Waals surface area contributed by atoms with E-state index in [1.807, 2.05) is 0 Å². The normalized spacial score (nSPS) is 17.4. The van der Waals surface area contributed by atoms with Crippen LogP contribution in [0.25, 0.3) is 0 Å². The Morgan fingerprint density at radius 1 is 0.688 bits per heavy atom. The number of unbranched alkanes of at least 4 members (excludes halogenated alkanes) is 10. The number of amides is 1. The maximum absolute atomic E-state index is 12.9. The van der Waals surface area contributed by atoms with Gasteiger partial charge in [0.05, 0.1) is 31.8 Å². The lowest BCUT2D eigenvalue weighted by molar-refractivity contribution is -0.777. The lowest BCUT2D eigenvalue weighted by Gasteiger charge is -2.41. The molecule has 0 aliphatic carbocycles. The van der Waals surface area contributed by atoms with Crippen molar-refractivity contribution < 1.29 is 58.6 Å². The Balaban J connectivity index is 2.81. The molecule has 0 aromatic heterocycles. The number of aliphatic hydroxyl groups is 5. The standard InChI is InChI=1S/C50H51NO12S/c1-3-5-7-9-11-13-15-16-17-18-19-20-21-22-23-24-25-26-27-29-31-33-35-37-39-45(54)51-42(46(55)43(53)38-36-34-32-30-28-14-12-10-8-6-4-2)41-59-50-48(57)49(61-64-63-62-58)47(56)44(40-52)60-50/h42-44,46-50,52-53,55-58H,4,6,8,10,12,14,28,30,32,34,36,38-41H2,1-2H3,(H,51,54)/p-1/t42-,43+,44?,46-,47?,48?,49?,50?/m0/s1. The van der Waals surface area contributed by atoms with Gasteiger partial charge < -0.3 is 45.6 Å².